The molecule has 0 unspecified atom stereocenters. The summed E-state index contributed by atoms with van der Waals surface area (Å²) in [7, 11) is -2.22. The molecule has 0 atom stereocenters. The molecule has 0 saturated carbocycles. The smallest absolute Gasteiger partial charge is 0.239 e. The van der Waals surface area contributed by atoms with Crippen LogP contribution in [0.4, 0.5) is 5.69 Å². The summed E-state index contributed by atoms with van der Waals surface area (Å²) in [6.45, 7) is 1.89. The molecule has 0 aliphatic heterocycles. The van der Waals surface area contributed by atoms with Gasteiger partial charge in [0.15, 0.2) is 9.84 Å². The largest absolute Gasteiger partial charge is 0.496 e. The zero-order valence-corrected chi connectivity index (χ0v) is 14.9. The minimum absolute atomic E-state index is 0.321. The maximum Gasteiger partial charge on any atom is 0.239 e. The second-order valence-corrected chi connectivity index (χ2v) is 7.91. The molecule has 0 aromatic heterocycles. The van der Waals surface area contributed by atoms with E-state index in [0.29, 0.717) is 22.0 Å². The van der Waals surface area contributed by atoms with E-state index in [9.17, 15) is 13.2 Å². The molecule has 128 valence electrons. The molecule has 0 heterocycles. The van der Waals surface area contributed by atoms with Gasteiger partial charge in [-0.1, -0.05) is 23.7 Å². The van der Waals surface area contributed by atoms with Crippen LogP contribution in [-0.4, -0.2) is 27.2 Å². The first-order valence-electron chi connectivity index (χ1n) is 7.18. The fourth-order valence-electron chi connectivity index (χ4n) is 2.27. The fourth-order valence-corrected chi connectivity index (χ4v) is 3.74. The molecule has 0 bridgehead atoms. The van der Waals surface area contributed by atoms with Gasteiger partial charge in [-0.25, -0.2) is 8.42 Å². The van der Waals surface area contributed by atoms with E-state index < -0.39 is 21.5 Å². The van der Waals surface area contributed by atoms with Crippen LogP contribution >= 0.6 is 11.6 Å². The standard InChI is InChI=1S/C17H18ClNO4S/c1-12-4-3-5-15(8-12)19-17(20)11-24(21,22)10-13-9-14(18)6-7-16(13)23-2/h3-9H,10-11H2,1-2H3,(H,19,20). The molecule has 0 spiro atoms. The Morgan fingerprint density at radius 1 is 1.21 bits per heavy atom. The molecule has 2 aromatic rings. The van der Waals surface area contributed by atoms with Crippen molar-refractivity contribution in [2.45, 2.75) is 12.7 Å². The first kappa shape index (κ1) is 18.3. The lowest BCUT2D eigenvalue weighted by atomic mass is 10.2. The molecular weight excluding hydrogens is 350 g/mol. The summed E-state index contributed by atoms with van der Waals surface area (Å²) < 4.78 is 29.7. The van der Waals surface area contributed by atoms with Crippen molar-refractivity contribution >= 4 is 33.0 Å². The monoisotopic (exact) mass is 367 g/mol. The Bertz CT molecular complexity index is 849. The molecule has 2 aromatic carbocycles. The summed E-state index contributed by atoms with van der Waals surface area (Å²) in [6, 6.07) is 11.9. The summed E-state index contributed by atoms with van der Waals surface area (Å²) in [4.78, 5) is 12.0. The molecule has 1 N–H and O–H groups in total. The number of anilines is 1. The molecule has 0 radical (unpaired) electrons. The molecule has 24 heavy (non-hydrogen) atoms. The number of hydrogen-bond donors (Lipinski definition) is 1. The number of carbonyl (C=O) groups excluding carboxylic acids is 1. The number of methoxy groups -OCH3 is 1. The maximum absolute atomic E-state index is 12.3. The molecule has 0 saturated heterocycles. The fraction of sp³-hybridized carbons (Fsp3) is 0.235. The van der Waals surface area contributed by atoms with Crippen molar-refractivity contribution in [1.82, 2.24) is 0 Å². The van der Waals surface area contributed by atoms with Gasteiger partial charge < -0.3 is 10.1 Å². The van der Waals surface area contributed by atoms with E-state index in [-0.39, 0.29) is 5.75 Å². The number of carbonyl (C=O) groups is 1. The Balaban J connectivity index is 2.08. The third-order valence-electron chi connectivity index (χ3n) is 3.27. The highest BCUT2D eigenvalue weighted by Crippen LogP contribution is 2.24. The van der Waals surface area contributed by atoms with Gasteiger partial charge in [0.2, 0.25) is 5.91 Å². The van der Waals surface area contributed by atoms with Crippen molar-refractivity contribution in [3.05, 3.63) is 58.6 Å². The molecule has 0 aliphatic rings. The van der Waals surface area contributed by atoms with Gasteiger partial charge in [0.1, 0.15) is 11.5 Å². The number of aryl methyl sites for hydroxylation is 1. The van der Waals surface area contributed by atoms with Crippen molar-refractivity contribution in [3.63, 3.8) is 0 Å². The summed E-state index contributed by atoms with van der Waals surface area (Å²) in [5.41, 5.74) is 1.96. The van der Waals surface area contributed by atoms with E-state index in [0.717, 1.165) is 5.56 Å². The average molecular weight is 368 g/mol. The summed E-state index contributed by atoms with van der Waals surface area (Å²) in [5, 5.41) is 3.00. The van der Waals surface area contributed by atoms with Crippen LogP contribution in [0.5, 0.6) is 5.75 Å². The topological polar surface area (TPSA) is 72.5 Å². The number of halogens is 1. The van der Waals surface area contributed by atoms with Crippen molar-refractivity contribution < 1.29 is 17.9 Å². The normalized spacial score (nSPS) is 11.1. The molecule has 5 nitrogen and oxygen atoms in total. The number of hydrogen-bond acceptors (Lipinski definition) is 4. The zero-order chi connectivity index (χ0) is 17.7. The van der Waals surface area contributed by atoms with Crippen LogP contribution in [-0.2, 0) is 20.4 Å². The van der Waals surface area contributed by atoms with Gasteiger partial charge in [0, 0.05) is 16.3 Å². The Morgan fingerprint density at radius 2 is 1.96 bits per heavy atom. The lowest BCUT2D eigenvalue weighted by Crippen LogP contribution is -2.24. The highest BCUT2D eigenvalue weighted by atomic mass is 35.5. The second kappa shape index (κ2) is 7.68. The van der Waals surface area contributed by atoms with Crippen LogP contribution in [0.3, 0.4) is 0 Å². The van der Waals surface area contributed by atoms with Crippen LogP contribution in [0.25, 0.3) is 0 Å². The van der Waals surface area contributed by atoms with Crippen molar-refractivity contribution in [2.75, 3.05) is 18.2 Å². The number of ether oxygens (including phenoxy) is 1. The van der Waals surface area contributed by atoms with Crippen LogP contribution in [0.1, 0.15) is 11.1 Å². The van der Waals surface area contributed by atoms with Gasteiger partial charge in [-0.3, -0.25) is 4.79 Å². The summed E-state index contributed by atoms with van der Waals surface area (Å²) in [5.74, 6) is -1.10. The zero-order valence-electron chi connectivity index (χ0n) is 13.4. The molecule has 1 amide bonds. The SMILES string of the molecule is COc1ccc(Cl)cc1CS(=O)(=O)CC(=O)Nc1cccc(C)c1. The van der Waals surface area contributed by atoms with Gasteiger partial charge in [-0.05, 0) is 42.8 Å². The summed E-state index contributed by atoms with van der Waals surface area (Å²) in [6.07, 6.45) is 0. The quantitative estimate of drug-likeness (QED) is 0.850. The average Bonchev–Trinajstić information content (AvgIpc) is 2.46. The number of rotatable bonds is 6. The van der Waals surface area contributed by atoms with E-state index in [1.54, 1.807) is 30.3 Å². The lowest BCUT2D eigenvalue weighted by molar-refractivity contribution is -0.113. The minimum atomic E-state index is -3.66. The second-order valence-electron chi connectivity index (χ2n) is 5.41. The minimum Gasteiger partial charge on any atom is -0.496 e. The van der Waals surface area contributed by atoms with E-state index in [4.69, 9.17) is 16.3 Å². The van der Waals surface area contributed by atoms with Crippen LogP contribution in [0, 0.1) is 6.92 Å². The molecule has 2 rings (SSSR count). The molecule has 0 fully saturated rings. The van der Waals surface area contributed by atoms with Crippen LogP contribution < -0.4 is 10.1 Å². The van der Waals surface area contributed by atoms with Crippen molar-refractivity contribution in [1.29, 1.82) is 0 Å². The van der Waals surface area contributed by atoms with Crippen molar-refractivity contribution in [3.8, 4) is 5.75 Å². The Labute approximate surface area is 146 Å². The predicted molar refractivity (Wildman–Crippen MR) is 95.3 cm³/mol. The number of benzene rings is 2. The van der Waals surface area contributed by atoms with Gasteiger partial charge >= 0.3 is 0 Å². The highest BCUT2D eigenvalue weighted by molar-refractivity contribution is 7.91. The molecular formula is C17H18ClNO4S. The van der Waals surface area contributed by atoms with Gasteiger partial charge in [0.25, 0.3) is 0 Å². The maximum atomic E-state index is 12.3. The van der Waals surface area contributed by atoms with Crippen molar-refractivity contribution in [2.24, 2.45) is 0 Å². The van der Waals surface area contributed by atoms with Gasteiger partial charge in [-0.2, -0.15) is 0 Å². The van der Waals surface area contributed by atoms with Crippen LogP contribution in [0.15, 0.2) is 42.5 Å². The Morgan fingerprint density at radius 3 is 2.62 bits per heavy atom. The van der Waals surface area contributed by atoms with E-state index in [1.165, 1.54) is 13.2 Å². The Hall–Kier alpha value is -2.05. The summed E-state index contributed by atoms with van der Waals surface area (Å²) >= 11 is 5.90. The lowest BCUT2D eigenvalue weighted by Gasteiger charge is -2.10. The van der Waals surface area contributed by atoms with Gasteiger partial charge in [-0.15, -0.1) is 0 Å². The third-order valence-corrected chi connectivity index (χ3v) is 4.96. The first-order chi connectivity index (χ1) is 11.3. The predicted octanol–water partition coefficient (Wildman–Crippen LogP) is 3.21. The number of amides is 1. The molecule has 7 heteroatoms. The number of sulfone groups is 1. The van der Waals surface area contributed by atoms with E-state index in [1.807, 2.05) is 13.0 Å². The molecule has 0 aliphatic carbocycles. The first-order valence-corrected chi connectivity index (χ1v) is 9.38. The van der Waals surface area contributed by atoms with Crippen LogP contribution in [0.2, 0.25) is 5.02 Å². The Kier molecular flexibility index (Phi) is 5.85. The van der Waals surface area contributed by atoms with Gasteiger partial charge in [0.05, 0.1) is 12.9 Å². The number of nitrogens with one attached hydrogen (secondary N) is 1. The highest BCUT2D eigenvalue weighted by Gasteiger charge is 2.20. The third kappa shape index (κ3) is 5.25. The van der Waals surface area contributed by atoms with E-state index >= 15 is 0 Å². The van der Waals surface area contributed by atoms with E-state index in [2.05, 4.69) is 5.32 Å².